The fourth-order valence-corrected chi connectivity index (χ4v) is 2.91. The van der Waals surface area contributed by atoms with Crippen molar-refractivity contribution >= 4 is 11.6 Å². The van der Waals surface area contributed by atoms with Gasteiger partial charge in [-0.25, -0.2) is 14.6 Å². The van der Waals surface area contributed by atoms with Gasteiger partial charge in [0.1, 0.15) is 18.1 Å². The molecule has 0 aliphatic carbocycles. The van der Waals surface area contributed by atoms with E-state index in [0.717, 1.165) is 16.1 Å². The van der Waals surface area contributed by atoms with Crippen LogP contribution in [-0.4, -0.2) is 31.6 Å². The van der Waals surface area contributed by atoms with Crippen LogP contribution in [0, 0.1) is 12.3 Å². The molecule has 1 unspecified atom stereocenters. The van der Waals surface area contributed by atoms with Crippen LogP contribution in [0.5, 0.6) is 5.75 Å². The number of nitrogens with two attached hydrogens (primary N) is 2. The fraction of sp³-hybridized carbons (Fsp3) is 0.375. The van der Waals surface area contributed by atoms with E-state index in [1.807, 2.05) is 0 Å². The van der Waals surface area contributed by atoms with Crippen LogP contribution in [0.1, 0.15) is 17.2 Å². The largest absolute Gasteiger partial charge is 0.487 e. The van der Waals surface area contributed by atoms with Gasteiger partial charge in [0.25, 0.3) is 6.43 Å². The predicted octanol–water partition coefficient (Wildman–Crippen LogP) is 1.78. The number of nitrogens with one attached hydrogen (secondary N) is 1. The molecule has 1 aliphatic heterocycles. The summed E-state index contributed by atoms with van der Waals surface area (Å²) >= 11 is 6.22. The highest BCUT2D eigenvalue weighted by atomic mass is 35.5. The molecule has 0 bridgehead atoms. The number of alkyl halides is 2. The van der Waals surface area contributed by atoms with Crippen molar-refractivity contribution in [2.45, 2.75) is 18.9 Å². The zero-order valence-electron chi connectivity index (χ0n) is 13.2. The van der Waals surface area contributed by atoms with Crippen LogP contribution in [0.15, 0.2) is 23.5 Å². The molecule has 0 aromatic heterocycles. The van der Waals surface area contributed by atoms with Gasteiger partial charge >= 0.3 is 0 Å². The molecule has 0 amide bonds. The summed E-state index contributed by atoms with van der Waals surface area (Å²) in [5.41, 5.74) is 6.71. The number of ether oxygens (including phenoxy) is 1. The third-order valence-corrected chi connectivity index (χ3v) is 4.09. The highest BCUT2D eigenvalue weighted by molar-refractivity contribution is 6.31. The molecule has 1 atom stereocenters. The van der Waals surface area contributed by atoms with E-state index in [1.165, 1.54) is 7.05 Å². The molecule has 0 saturated heterocycles. The third-order valence-electron chi connectivity index (χ3n) is 3.74. The van der Waals surface area contributed by atoms with Gasteiger partial charge in [-0.3, -0.25) is 5.32 Å². The first-order valence-corrected chi connectivity index (χ1v) is 7.63. The summed E-state index contributed by atoms with van der Waals surface area (Å²) in [6.45, 7) is 0.452. The molecule has 5 nitrogen and oxygen atoms in total. The summed E-state index contributed by atoms with van der Waals surface area (Å²) in [6.07, 6.45) is 3.45. The molecule has 0 saturated carbocycles. The molecule has 1 aromatic carbocycles. The topological polar surface area (TPSA) is 76.5 Å². The van der Waals surface area contributed by atoms with Crippen LogP contribution in [0.4, 0.5) is 8.78 Å². The quantitative estimate of drug-likeness (QED) is 0.426. The van der Waals surface area contributed by atoms with Crippen LogP contribution < -0.4 is 21.6 Å². The second-order valence-electron chi connectivity index (χ2n) is 5.35. The van der Waals surface area contributed by atoms with Crippen LogP contribution in [-0.2, 0) is 6.42 Å². The normalized spacial score (nSPS) is 17.8. The van der Waals surface area contributed by atoms with E-state index in [0.29, 0.717) is 23.7 Å². The van der Waals surface area contributed by atoms with Crippen molar-refractivity contribution in [2.24, 2.45) is 11.6 Å². The first-order chi connectivity index (χ1) is 11.4. The van der Waals surface area contributed by atoms with Crippen molar-refractivity contribution in [3.05, 3.63) is 39.7 Å². The first kappa shape index (κ1) is 18.3. The Bertz CT molecular complexity index is 675. The Labute approximate surface area is 144 Å². The Morgan fingerprint density at radius 3 is 2.88 bits per heavy atom. The average molecular weight is 357 g/mol. The molecule has 1 aromatic rings. The zero-order chi connectivity index (χ0) is 17.9. The summed E-state index contributed by atoms with van der Waals surface area (Å²) in [5, 5.41) is 4.55. The standard InChI is InChI=1S/C16H19ClF2N4O/c1-3-12-14-9(6-7-22-12)10(17)4-5-13(14)24-8-11(20)15(16(18)19)23(2)21/h1,4-5,12,16,22H,6-8,20-21H2,2H3/b15-11-. The SMILES string of the molecule is C#CC1NCCc2c(Cl)ccc(OC/C(N)=C(\C(F)F)N(C)N)c21. The number of allylic oxidation sites excluding steroid dienone is 1. The summed E-state index contributed by atoms with van der Waals surface area (Å²) in [5.74, 6) is 8.48. The lowest BCUT2D eigenvalue weighted by molar-refractivity contribution is 0.144. The number of hydrogen-bond acceptors (Lipinski definition) is 5. The van der Waals surface area contributed by atoms with E-state index >= 15 is 0 Å². The number of fused-ring (bicyclic) bond motifs is 1. The number of benzene rings is 1. The minimum absolute atomic E-state index is 0.153. The van der Waals surface area contributed by atoms with Crippen molar-refractivity contribution in [3.63, 3.8) is 0 Å². The lowest BCUT2D eigenvalue weighted by Crippen LogP contribution is -2.33. The van der Waals surface area contributed by atoms with Crippen molar-refractivity contribution in [2.75, 3.05) is 20.2 Å². The monoisotopic (exact) mass is 356 g/mol. The predicted molar refractivity (Wildman–Crippen MR) is 89.4 cm³/mol. The number of hydrazine groups is 1. The first-order valence-electron chi connectivity index (χ1n) is 7.25. The van der Waals surface area contributed by atoms with Crippen LogP contribution in [0.25, 0.3) is 0 Å². The maximum atomic E-state index is 13.0. The van der Waals surface area contributed by atoms with Crippen molar-refractivity contribution in [3.8, 4) is 18.1 Å². The van der Waals surface area contributed by atoms with Crippen molar-refractivity contribution in [1.82, 2.24) is 10.3 Å². The summed E-state index contributed by atoms with van der Waals surface area (Å²) < 4.78 is 31.6. The summed E-state index contributed by atoms with van der Waals surface area (Å²) in [6, 6.07) is 2.98. The Hall–Kier alpha value is -2.01. The maximum Gasteiger partial charge on any atom is 0.281 e. The lowest BCUT2D eigenvalue weighted by atomic mass is 9.93. The van der Waals surface area contributed by atoms with Gasteiger partial charge in [0.05, 0.1) is 11.7 Å². The molecule has 5 N–H and O–H groups in total. The third kappa shape index (κ3) is 3.73. The van der Waals surface area contributed by atoms with Crippen molar-refractivity contribution < 1.29 is 13.5 Å². The van der Waals surface area contributed by atoms with E-state index in [4.69, 9.17) is 34.3 Å². The Morgan fingerprint density at radius 1 is 1.58 bits per heavy atom. The second kappa shape index (κ2) is 7.71. The maximum absolute atomic E-state index is 13.0. The van der Waals surface area contributed by atoms with Gasteiger partial charge in [0, 0.05) is 24.2 Å². The molecule has 130 valence electrons. The molecule has 0 spiro atoms. The molecule has 2 rings (SSSR count). The number of halogens is 3. The van der Waals surface area contributed by atoms with Gasteiger partial charge in [-0.05, 0) is 24.1 Å². The van der Waals surface area contributed by atoms with Gasteiger partial charge in [-0.2, -0.15) is 0 Å². The molecule has 1 aliphatic rings. The second-order valence-corrected chi connectivity index (χ2v) is 5.76. The Kier molecular flexibility index (Phi) is 5.89. The molecule has 1 heterocycles. The number of nitrogens with zero attached hydrogens (tertiary/aromatic N) is 1. The molecular weight excluding hydrogens is 338 g/mol. The molecule has 0 fully saturated rings. The van der Waals surface area contributed by atoms with E-state index in [1.54, 1.807) is 12.1 Å². The summed E-state index contributed by atoms with van der Waals surface area (Å²) in [4.78, 5) is 0. The van der Waals surface area contributed by atoms with Gasteiger partial charge < -0.3 is 15.5 Å². The van der Waals surface area contributed by atoms with Crippen LogP contribution >= 0.6 is 11.6 Å². The zero-order valence-corrected chi connectivity index (χ0v) is 13.9. The average Bonchev–Trinajstić information content (AvgIpc) is 2.53. The molecule has 8 heteroatoms. The van der Waals surface area contributed by atoms with E-state index in [9.17, 15) is 8.78 Å². The minimum Gasteiger partial charge on any atom is -0.487 e. The molecular formula is C16H19ClF2N4O. The van der Waals surface area contributed by atoms with Crippen LogP contribution in [0.3, 0.4) is 0 Å². The Morgan fingerprint density at radius 2 is 2.29 bits per heavy atom. The lowest BCUT2D eigenvalue weighted by Gasteiger charge is -2.27. The number of terminal acetylenes is 1. The van der Waals surface area contributed by atoms with Crippen LogP contribution in [0.2, 0.25) is 5.02 Å². The molecule has 24 heavy (non-hydrogen) atoms. The minimum atomic E-state index is -2.80. The molecule has 0 radical (unpaired) electrons. The van der Waals surface area contributed by atoms with E-state index in [2.05, 4.69) is 11.2 Å². The number of hydrogen-bond donors (Lipinski definition) is 3. The van der Waals surface area contributed by atoms with E-state index < -0.39 is 12.1 Å². The summed E-state index contributed by atoms with van der Waals surface area (Å²) in [7, 11) is 1.29. The highest BCUT2D eigenvalue weighted by Crippen LogP contribution is 2.36. The van der Waals surface area contributed by atoms with Gasteiger partial charge in [0.15, 0.2) is 0 Å². The van der Waals surface area contributed by atoms with Gasteiger partial charge in [-0.1, -0.05) is 17.5 Å². The van der Waals surface area contributed by atoms with E-state index in [-0.39, 0.29) is 18.3 Å². The number of rotatable bonds is 5. The van der Waals surface area contributed by atoms with Gasteiger partial charge in [0.2, 0.25) is 0 Å². The highest BCUT2D eigenvalue weighted by Gasteiger charge is 2.25. The smallest absolute Gasteiger partial charge is 0.281 e. The Balaban J connectivity index is 2.32. The van der Waals surface area contributed by atoms with Gasteiger partial charge in [-0.15, -0.1) is 6.42 Å². The van der Waals surface area contributed by atoms with Crippen molar-refractivity contribution in [1.29, 1.82) is 0 Å². The fourth-order valence-electron chi connectivity index (χ4n) is 2.65.